The third-order valence-corrected chi connectivity index (χ3v) is 4.60. The summed E-state index contributed by atoms with van der Waals surface area (Å²) >= 11 is 0. The van der Waals surface area contributed by atoms with Crippen LogP contribution in [-0.2, 0) is 0 Å². The highest BCUT2D eigenvalue weighted by Crippen LogP contribution is 2.31. The predicted octanol–water partition coefficient (Wildman–Crippen LogP) is 4.02. The van der Waals surface area contributed by atoms with Gasteiger partial charge in [-0.3, -0.25) is 4.79 Å². The van der Waals surface area contributed by atoms with Crippen molar-refractivity contribution < 1.29 is 4.79 Å². The van der Waals surface area contributed by atoms with Gasteiger partial charge in [-0.25, -0.2) is 0 Å². The molecule has 1 saturated carbocycles. The van der Waals surface area contributed by atoms with E-state index in [4.69, 9.17) is 0 Å². The van der Waals surface area contributed by atoms with E-state index in [0.717, 1.165) is 23.1 Å². The second kappa shape index (κ2) is 6.97. The minimum absolute atomic E-state index is 0.0576. The van der Waals surface area contributed by atoms with Crippen molar-refractivity contribution in [1.82, 2.24) is 4.90 Å². The van der Waals surface area contributed by atoms with E-state index < -0.39 is 0 Å². The van der Waals surface area contributed by atoms with Crippen LogP contribution < -0.4 is 5.32 Å². The van der Waals surface area contributed by atoms with Crippen molar-refractivity contribution in [3.8, 4) is 0 Å². The van der Waals surface area contributed by atoms with E-state index in [-0.39, 0.29) is 5.91 Å². The lowest BCUT2D eigenvalue weighted by atomic mass is 9.79. The van der Waals surface area contributed by atoms with Crippen LogP contribution in [0.5, 0.6) is 0 Å². The van der Waals surface area contributed by atoms with Gasteiger partial charge in [-0.15, -0.1) is 0 Å². The Kier molecular flexibility index (Phi) is 5.27. The van der Waals surface area contributed by atoms with Gasteiger partial charge in [0, 0.05) is 31.4 Å². The molecule has 0 atom stereocenters. The first-order valence-electron chi connectivity index (χ1n) is 8.05. The molecule has 21 heavy (non-hydrogen) atoms. The molecule has 1 aliphatic rings. The van der Waals surface area contributed by atoms with Gasteiger partial charge in [-0.2, -0.15) is 0 Å². The molecule has 0 radical (unpaired) electrons. The number of hydrogen-bond donors (Lipinski definition) is 1. The molecule has 1 aromatic carbocycles. The lowest BCUT2D eigenvalue weighted by Crippen LogP contribution is -2.28. The highest BCUT2D eigenvalue weighted by Gasteiger charge is 2.23. The van der Waals surface area contributed by atoms with E-state index >= 15 is 0 Å². The Morgan fingerprint density at radius 2 is 1.86 bits per heavy atom. The molecule has 1 aromatic rings. The number of rotatable bonds is 4. The maximum atomic E-state index is 12.0. The monoisotopic (exact) mass is 288 g/mol. The summed E-state index contributed by atoms with van der Waals surface area (Å²) in [6, 6.07) is 8.41. The van der Waals surface area contributed by atoms with Crippen molar-refractivity contribution in [3.05, 3.63) is 29.8 Å². The van der Waals surface area contributed by atoms with Gasteiger partial charge >= 0.3 is 0 Å². The first kappa shape index (κ1) is 15.9. The van der Waals surface area contributed by atoms with Crippen LogP contribution in [-0.4, -0.2) is 30.9 Å². The van der Waals surface area contributed by atoms with Gasteiger partial charge in [0.25, 0.3) is 5.91 Å². The molecular formula is C18H28N2O. The van der Waals surface area contributed by atoms with Crippen molar-refractivity contribution in [2.75, 3.05) is 19.4 Å². The predicted molar refractivity (Wildman–Crippen MR) is 88.7 cm³/mol. The van der Waals surface area contributed by atoms with Crippen LogP contribution in [0.3, 0.4) is 0 Å². The van der Waals surface area contributed by atoms with E-state index in [0.29, 0.717) is 6.04 Å². The van der Waals surface area contributed by atoms with Crippen LogP contribution in [0.15, 0.2) is 24.3 Å². The van der Waals surface area contributed by atoms with Crippen LogP contribution in [0.4, 0.5) is 5.69 Å². The molecule has 0 saturated heterocycles. The number of amides is 1. The summed E-state index contributed by atoms with van der Waals surface area (Å²) in [5.41, 5.74) is 1.82. The molecule has 1 N–H and O–H groups in total. The summed E-state index contributed by atoms with van der Waals surface area (Å²) in [7, 11) is 3.57. The van der Waals surface area contributed by atoms with Gasteiger partial charge in [-0.05, 0) is 55.7 Å². The number of nitrogens with zero attached hydrogens (tertiary/aromatic N) is 1. The molecule has 1 amide bonds. The quantitative estimate of drug-likeness (QED) is 0.907. The Hall–Kier alpha value is -1.51. The Bertz CT molecular complexity index is 474. The molecule has 0 aliphatic heterocycles. The molecule has 0 aromatic heterocycles. The van der Waals surface area contributed by atoms with Gasteiger partial charge in [0.05, 0.1) is 0 Å². The standard InChI is InChI=1S/C18H28N2O/c1-13(2)14-8-10-16(11-9-14)19-17-7-5-6-15(12-17)18(21)20(3)4/h5-7,12-14,16,19H,8-11H2,1-4H3. The van der Waals surface area contributed by atoms with Crippen LogP contribution >= 0.6 is 0 Å². The van der Waals surface area contributed by atoms with Crippen molar-refractivity contribution >= 4 is 11.6 Å². The summed E-state index contributed by atoms with van der Waals surface area (Å²) in [5.74, 6) is 1.74. The van der Waals surface area contributed by atoms with Crippen molar-refractivity contribution in [1.29, 1.82) is 0 Å². The lowest BCUT2D eigenvalue weighted by Gasteiger charge is -2.32. The zero-order chi connectivity index (χ0) is 15.4. The third kappa shape index (κ3) is 4.23. The summed E-state index contributed by atoms with van der Waals surface area (Å²) in [6.07, 6.45) is 5.08. The zero-order valence-electron chi connectivity index (χ0n) is 13.7. The fourth-order valence-electron chi connectivity index (χ4n) is 3.17. The number of benzene rings is 1. The number of nitrogens with one attached hydrogen (secondary N) is 1. The topological polar surface area (TPSA) is 32.3 Å². The summed E-state index contributed by atoms with van der Waals surface area (Å²) < 4.78 is 0. The second-order valence-electron chi connectivity index (χ2n) is 6.78. The molecule has 0 bridgehead atoms. The fraction of sp³-hybridized carbons (Fsp3) is 0.611. The smallest absolute Gasteiger partial charge is 0.253 e. The first-order chi connectivity index (χ1) is 9.97. The van der Waals surface area contributed by atoms with Gasteiger partial charge < -0.3 is 10.2 Å². The van der Waals surface area contributed by atoms with Gasteiger partial charge in [0.15, 0.2) is 0 Å². The largest absolute Gasteiger partial charge is 0.382 e. The highest BCUT2D eigenvalue weighted by atomic mass is 16.2. The normalized spacial score (nSPS) is 22.1. The van der Waals surface area contributed by atoms with Gasteiger partial charge in [-0.1, -0.05) is 19.9 Å². The maximum absolute atomic E-state index is 12.0. The summed E-state index contributed by atoms with van der Waals surface area (Å²) in [6.45, 7) is 4.66. The van der Waals surface area contributed by atoms with Crippen LogP contribution in [0, 0.1) is 11.8 Å². The molecule has 0 spiro atoms. The lowest BCUT2D eigenvalue weighted by molar-refractivity contribution is 0.0827. The molecule has 0 heterocycles. The van der Waals surface area contributed by atoms with E-state index in [9.17, 15) is 4.79 Å². The second-order valence-corrected chi connectivity index (χ2v) is 6.78. The Balaban J connectivity index is 1.95. The minimum atomic E-state index is 0.0576. The number of hydrogen-bond acceptors (Lipinski definition) is 2. The molecular weight excluding hydrogens is 260 g/mol. The summed E-state index contributed by atoms with van der Waals surface area (Å²) in [5, 5.41) is 3.60. The average Bonchev–Trinajstić information content (AvgIpc) is 2.47. The van der Waals surface area contributed by atoms with E-state index in [1.807, 2.05) is 18.2 Å². The Morgan fingerprint density at radius 3 is 2.43 bits per heavy atom. The molecule has 1 aliphatic carbocycles. The zero-order valence-corrected chi connectivity index (χ0v) is 13.7. The number of carbonyl (C=O) groups is 1. The van der Waals surface area contributed by atoms with Crippen LogP contribution in [0.2, 0.25) is 0 Å². The highest BCUT2D eigenvalue weighted by molar-refractivity contribution is 5.94. The Morgan fingerprint density at radius 1 is 1.19 bits per heavy atom. The summed E-state index contributed by atoms with van der Waals surface area (Å²) in [4.78, 5) is 13.6. The third-order valence-electron chi connectivity index (χ3n) is 4.60. The molecule has 3 heteroatoms. The Labute approximate surface area is 128 Å². The first-order valence-corrected chi connectivity index (χ1v) is 8.05. The van der Waals surface area contributed by atoms with Crippen LogP contribution in [0.25, 0.3) is 0 Å². The van der Waals surface area contributed by atoms with E-state index in [2.05, 4.69) is 25.2 Å². The molecule has 2 rings (SSSR count). The molecule has 3 nitrogen and oxygen atoms in total. The fourth-order valence-corrected chi connectivity index (χ4v) is 3.17. The van der Waals surface area contributed by atoms with Gasteiger partial charge in [0.1, 0.15) is 0 Å². The molecule has 116 valence electrons. The number of carbonyl (C=O) groups excluding carboxylic acids is 1. The van der Waals surface area contributed by atoms with E-state index in [1.165, 1.54) is 25.7 Å². The SMILES string of the molecule is CC(C)C1CCC(Nc2cccc(C(=O)N(C)C)c2)CC1. The van der Waals surface area contributed by atoms with E-state index in [1.54, 1.807) is 19.0 Å². The van der Waals surface area contributed by atoms with Gasteiger partial charge in [0.2, 0.25) is 0 Å². The maximum Gasteiger partial charge on any atom is 0.253 e. The van der Waals surface area contributed by atoms with Crippen molar-refractivity contribution in [3.63, 3.8) is 0 Å². The van der Waals surface area contributed by atoms with Crippen LogP contribution in [0.1, 0.15) is 49.9 Å². The number of anilines is 1. The molecule has 0 unspecified atom stereocenters. The average molecular weight is 288 g/mol. The van der Waals surface area contributed by atoms with Crippen molar-refractivity contribution in [2.24, 2.45) is 11.8 Å². The van der Waals surface area contributed by atoms with Crippen molar-refractivity contribution in [2.45, 2.75) is 45.6 Å². The minimum Gasteiger partial charge on any atom is -0.382 e. The molecule has 1 fully saturated rings.